The fourth-order valence-electron chi connectivity index (χ4n) is 2.52. The predicted molar refractivity (Wildman–Crippen MR) is 120 cm³/mol. The van der Waals surface area contributed by atoms with Gasteiger partial charge in [-0.3, -0.25) is 14.7 Å². The Balaban J connectivity index is 0.000000941. The molecule has 0 unspecified atom stereocenters. The van der Waals surface area contributed by atoms with Gasteiger partial charge in [0.2, 0.25) is 5.91 Å². The number of hydrogen-bond donors (Lipinski definition) is 0. The third-order valence-electron chi connectivity index (χ3n) is 3.94. The van der Waals surface area contributed by atoms with Crippen molar-refractivity contribution < 1.29 is 9.18 Å². The Labute approximate surface area is 175 Å². The van der Waals surface area contributed by atoms with Crippen LogP contribution in [0.4, 0.5) is 9.52 Å². The summed E-state index contributed by atoms with van der Waals surface area (Å²) in [6.45, 7) is 10.2. The molecule has 2 heterocycles. The average Bonchev–Trinajstić information content (AvgIpc) is 3.17. The minimum atomic E-state index is -0.390. The summed E-state index contributed by atoms with van der Waals surface area (Å²) in [5.74, 6) is -0.514. The van der Waals surface area contributed by atoms with Crippen molar-refractivity contribution in [3.63, 3.8) is 0 Å². The van der Waals surface area contributed by atoms with Crippen LogP contribution >= 0.6 is 11.3 Å². The lowest BCUT2D eigenvalue weighted by atomic mass is 10.1. The maximum absolute atomic E-state index is 14.0. The molecule has 0 aliphatic rings. The van der Waals surface area contributed by atoms with E-state index in [0.717, 1.165) is 11.1 Å². The van der Waals surface area contributed by atoms with Crippen molar-refractivity contribution >= 4 is 32.6 Å². The number of hydrogen-bond acceptors (Lipinski definition) is 4. The van der Waals surface area contributed by atoms with E-state index in [0.29, 0.717) is 16.4 Å². The monoisotopic (exact) mass is 411 g/mol. The van der Waals surface area contributed by atoms with Gasteiger partial charge in [-0.15, -0.1) is 0 Å². The summed E-state index contributed by atoms with van der Waals surface area (Å²) in [5, 5.41) is 0.471. The fourth-order valence-corrected chi connectivity index (χ4v) is 3.51. The zero-order chi connectivity index (χ0) is 21.2. The second kappa shape index (κ2) is 11.2. The number of rotatable bonds is 6. The normalized spacial score (nSPS) is 11.0. The van der Waals surface area contributed by atoms with Crippen LogP contribution in [0.2, 0.25) is 0 Å². The van der Waals surface area contributed by atoms with Gasteiger partial charge in [-0.1, -0.05) is 62.5 Å². The zero-order valence-electron chi connectivity index (χ0n) is 17.1. The molecule has 0 aliphatic carbocycles. The van der Waals surface area contributed by atoms with Gasteiger partial charge in [0.15, 0.2) is 5.13 Å². The van der Waals surface area contributed by atoms with Gasteiger partial charge in [0.25, 0.3) is 0 Å². The molecular formula is C23H26FN3OS. The number of nitrogens with zero attached hydrogens (tertiary/aromatic N) is 3. The number of para-hydroxylation sites is 1. The number of anilines is 1. The highest BCUT2D eigenvalue weighted by molar-refractivity contribution is 7.22. The number of amides is 1. The Hall–Kier alpha value is -2.86. The van der Waals surface area contributed by atoms with E-state index in [1.54, 1.807) is 35.5 Å². The second-order valence-electron chi connectivity index (χ2n) is 6.38. The molecule has 2 aromatic heterocycles. The first-order chi connectivity index (χ1) is 14.0. The highest BCUT2D eigenvalue weighted by atomic mass is 32.1. The number of carbonyl (C=O) groups is 1. The van der Waals surface area contributed by atoms with Crippen LogP contribution in [0.25, 0.3) is 10.2 Å². The van der Waals surface area contributed by atoms with Crippen molar-refractivity contribution in [3.05, 3.63) is 78.4 Å². The van der Waals surface area contributed by atoms with Gasteiger partial charge in [-0.2, -0.15) is 0 Å². The maximum Gasteiger partial charge on any atom is 0.233 e. The highest BCUT2D eigenvalue weighted by Gasteiger charge is 2.21. The molecule has 0 fully saturated rings. The molecule has 0 N–H and O–H groups in total. The number of aromatic nitrogens is 2. The molecule has 3 rings (SSSR count). The van der Waals surface area contributed by atoms with E-state index < -0.39 is 0 Å². The van der Waals surface area contributed by atoms with Crippen molar-refractivity contribution in [1.29, 1.82) is 0 Å². The lowest BCUT2D eigenvalue weighted by Gasteiger charge is -2.20. The first-order valence-corrected chi connectivity index (χ1v) is 10.4. The van der Waals surface area contributed by atoms with Crippen LogP contribution in [0.15, 0.2) is 67.0 Å². The Bertz CT molecular complexity index is 982. The number of benzene rings is 1. The van der Waals surface area contributed by atoms with Crippen LogP contribution in [-0.4, -0.2) is 15.9 Å². The molecule has 1 aromatic carbocycles. The molecule has 0 radical (unpaired) electrons. The van der Waals surface area contributed by atoms with Gasteiger partial charge in [0.1, 0.15) is 11.3 Å². The van der Waals surface area contributed by atoms with Crippen LogP contribution in [0.3, 0.4) is 0 Å². The van der Waals surface area contributed by atoms with E-state index in [-0.39, 0.29) is 23.7 Å². The Morgan fingerprint density at radius 1 is 1.28 bits per heavy atom. The van der Waals surface area contributed by atoms with Gasteiger partial charge in [0, 0.05) is 12.4 Å². The lowest BCUT2D eigenvalue weighted by Crippen LogP contribution is -2.30. The second-order valence-corrected chi connectivity index (χ2v) is 7.38. The van der Waals surface area contributed by atoms with Crippen molar-refractivity contribution in [2.75, 3.05) is 4.90 Å². The van der Waals surface area contributed by atoms with Crippen molar-refractivity contribution in [1.82, 2.24) is 9.97 Å². The van der Waals surface area contributed by atoms with E-state index >= 15 is 0 Å². The van der Waals surface area contributed by atoms with Crippen LogP contribution in [-0.2, 0) is 11.3 Å². The number of halogens is 1. The molecule has 0 spiro atoms. The van der Waals surface area contributed by atoms with E-state index in [1.165, 1.54) is 23.8 Å². The Morgan fingerprint density at radius 3 is 2.62 bits per heavy atom. The van der Waals surface area contributed by atoms with Gasteiger partial charge < -0.3 is 0 Å². The largest absolute Gasteiger partial charge is 0.283 e. The van der Waals surface area contributed by atoms with Crippen LogP contribution < -0.4 is 4.90 Å². The van der Waals surface area contributed by atoms with Crippen molar-refractivity contribution in [2.45, 2.75) is 40.2 Å². The van der Waals surface area contributed by atoms with E-state index in [2.05, 4.69) is 30.4 Å². The topological polar surface area (TPSA) is 46.1 Å². The fraction of sp³-hybridized carbons (Fsp3) is 0.261. The van der Waals surface area contributed by atoms with Gasteiger partial charge in [0.05, 0.1) is 17.7 Å². The average molecular weight is 412 g/mol. The summed E-state index contributed by atoms with van der Waals surface area (Å²) in [6.07, 6.45) is 8.36. The molecule has 29 heavy (non-hydrogen) atoms. The summed E-state index contributed by atoms with van der Waals surface area (Å²) in [6, 6.07) is 8.52. The van der Waals surface area contributed by atoms with E-state index in [4.69, 9.17) is 0 Å². The molecule has 0 bridgehead atoms. The minimum Gasteiger partial charge on any atom is -0.283 e. The van der Waals surface area contributed by atoms with Crippen LogP contribution in [0.5, 0.6) is 0 Å². The summed E-state index contributed by atoms with van der Waals surface area (Å²) in [4.78, 5) is 23.0. The molecule has 0 saturated carbocycles. The zero-order valence-corrected chi connectivity index (χ0v) is 17.9. The molecule has 152 valence electrons. The molecule has 0 aliphatic heterocycles. The SMILES string of the molecule is C=C/C(=C\C)CC(=O)N(Cc1cccnc1)c1nc2c(F)cccc2s1.CCC. The Morgan fingerprint density at radius 2 is 2.03 bits per heavy atom. The molecule has 0 atom stereocenters. The molecule has 4 nitrogen and oxygen atoms in total. The summed E-state index contributed by atoms with van der Waals surface area (Å²) in [7, 11) is 0. The number of fused-ring (bicyclic) bond motifs is 1. The summed E-state index contributed by atoms with van der Waals surface area (Å²) in [5.41, 5.74) is 1.99. The van der Waals surface area contributed by atoms with Crippen molar-refractivity contribution in [2.24, 2.45) is 0 Å². The van der Waals surface area contributed by atoms with Crippen molar-refractivity contribution in [3.8, 4) is 0 Å². The highest BCUT2D eigenvalue weighted by Crippen LogP contribution is 2.31. The maximum atomic E-state index is 14.0. The summed E-state index contributed by atoms with van der Waals surface area (Å²) < 4.78 is 14.7. The third-order valence-corrected chi connectivity index (χ3v) is 4.99. The smallest absolute Gasteiger partial charge is 0.233 e. The lowest BCUT2D eigenvalue weighted by molar-refractivity contribution is -0.118. The minimum absolute atomic E-state index is 0.124. The summed E-state index contributed by atoms with van der Waals surface area (Å²) >= 11 is 1.30. The van der Waals surface area contributed by atoms with E-state index in [1.807, 2.05) is 25.1 Å². The Kier molecular flexibility index (Phi) is 8.68. The molecule has 0 saturated heterocycles. The number of carbonyl (C=O) groups excluding carboxylic acids is 1. The van der Waals surface area contributed by atoms with Gasteiger partial charge >= 0.3 is 0 Å². The van der Waals surface area contributed by atoms with Gasteiger partial charge in [-0.25, -0.2) is 9.37 Å². The predicted octanol–water partition coefficient (Wildman–Crippen LogP) is 6.30. The standard InChI is InChI=1S/C20H18FN3OS.C3H8/c1-3-14(4-2)11-18(25)24(13-15-7-6-10-22-12-15)20-23-19-16(21)8-5-9-17(19)26-20;1-3-2/h3-10,12H,1,11,13H2,2H3;3H2,1-2H3/b14-4+;. The van der Waals surface area contributed by atoms with E-state index in [9.17, 15) is 9.18 Å². The molecular weight excluding hydrogens is 385 g/mol. The number of pyridine rings is 1. The van der Waals surface area contributed by atoms with Gasteiger partial charge in [-0.05, 0) is 36.3 Å². The molecule has 1 amide bonds. The first-order valence-electron chi connectivity index (χ1n) is 9.55. The third kappa shape index (κ3) is 6.06. The quantitative estimate of drug-likeness (QED) is 0.447. The number of allylic oxidation sites excluding steroid dienone is 2. The molecule has 6 heteroatoms. The first kappa shape index (κ1) is 22.4. The number of thiazole rings is 1. The van der Waals surface area contributed by atoms with Crippen LogP contribution in [0, 0.1) is 5.82 Å². The molecule has 3 aromatic rings. The van der Waals surface area contributed by atoms with Crippen LogP contribution in [0.1, 0.15) is 39.2 Å².